The monoisotopic (exact) mass is 342 g/mol. The first-order chi connectivity index (χ1) is 11.3. The summed E-state index contributed by atoms with van der Waals surface area (Å²) in [7, 11) is 0. The molecule has 1 aliphatic carbocycles. The lowest BCUT2D eigenvalue weighted by atomic mass is 10.1. The first kappa shape index (κ1) is 16.6. The Bertz CT molecular complexity index is 662. The molecule has 0 aromatic heterocycles. The predicted octanol–water partition coefficient (Wildman–Crippen LogP) is 2.17. The van der Waals surface area contributed by atoms with Gasteiger partial charge in [-0.05, 0) is 36.8 Å². The number of primary amides is 1. The second kappa shape index (κ2) is 5.99. The first-order valence-electron chi connectivity index (χ1n) is 7.72. The number of rotatable bonds is 4. The lowest BCUT2D eigenvalue weighted by Gasteiger charge is -2.22. The van der Waals surface area contributed by atoms with Crippen LogP contribution in [-0.2, 0) is 9.59 Å². The summed E-state index contributed by atoms with van der Waals surface area (Å²) in [6.45, 7) is 0.455. The SMILES string of the molecule is NC(=O)[C@H]1CCCN1C(=O)[C@H]1C[C@@H]1c1ccccc1OC(F)(F)F. The Labute approximate surface area is 136 Å². The molecular formula is C16H17F3N2O3. The zero-order chi connectivity index (χ0) is 17.5. The van der Waals surface area contributed by atoms with Crippen LogP contribution in [0.4, 0.5) is 13.2 Å². The van der Waals surface area contributed by atoms with Crippen LogP contribution in [0, 0.1) is 5.92 Å². The molecule has 1 heterocycles. The highest BCUT2D eigenvalue weighted by atomic mass is 19.4. The van der Waals surface area contributed by atoms with Crippen LogP contribution in [0.5, 0.6) is 5.75 Å². The molecule has 1 aromatic rings. The van der Waals surface area contributed by atoms with E-state index in [2.05, 4.69) is 4.74 Å². The molecule has 2 fully saturated rings. The number of para-hydroxylation sites is 1. The van der Waals surface area contributed by atoms with Gasteiger partial charge in [-0.3, -0.25) is 9.59 Å². The molecule has 2 amide bonds. The number of carbonyl (C=O) groups excluding carboxylic acids is 2. The summed E-state index contributed by atoms with van der Waals surface area (Å²) in [5.74, 6) is -1.80. The Balaban J connectivity index is 1.74. The van der Waals surface area contributed by atoms with Crippen molar-refractivity contribution in [1.29, 1.82) is 0 Å². The van der Waals surface area contributed by atoms with Crippen LogP contribution < -0.4 is 10.5 Å². The van der Waals surface area contributed by atoms with Gasteiger partial charge < -0.3 is 15.4 Å². The minimum Gasteiger partial charge on any atom is -0.405 e. The van der Waals surface area contributed by atoms with E-state index in [4.69, 9.17) is 5.73 Å². The van der Waals surface area contributed by atoms with Crippen molar-refractivity contribution in [3.05, 3.63) is 29.8 Å². The highest BCUT2D eigenvalue weighted by molar-refractivity contribution is 5.90. The van der Waals surface area contributed by atoms with E-state index in [0.717, 1.165) is 0 Å². The van der Waals surface area contributed by atoms with Crippen LogP contribution in [-0.4, -0.2) is 35.7 Å². The molecule has 1 saturated carbocycles. The number of nitrogens with zero attached hydrogens (tertiary/aromatic N) is 1. The second-order valence-corrected chi connectivity index (χ2v) is 6.13. The fourth-order valence-corrected chi connectivity index (χ4v) is 3.36. The van der Waals surface area contributed by atoms with Gasteiger partial charge in [-0.25, -0.2) is 0 Å². The molecule has 130 valence electrons. The molecular weight excluding hydrogens is 325 g/mol. The molecule has 0 spiro atoms. The fraction of sp³-hybridized carbons (Fsp3) is 0.500. The van der Waals surface area contributed by atoms with E-state index in [1.807, 2.05) is 0 Å². The summed E-state index contributed by atoms with van der Waals surface area (Å²) >= 11 is 0. The lowest BCUT2D eigenvalue weighted by Crippen LogP contribution is -2.44. The molecule has 1 aliphatic heterocycles. The molecule has 0 unspecified atom stereocenters. The zero-order valence-electron chi connectivity index (χ0n) is 12.8. The lowest BCUT2D eigenvalue weighted by molar-refractivity contribution is -0.274. The van der Waals surface area contributed by atoms with E-state index in [0.29, 0.717) is 31.4 Å². The third-order valence-corrected chi connectivity index (χ3v) is 4.52. The van der Waals surface area contributed by atoms with Gasteiger partial charge in [0.1, 0.15) is 11.8 Å². The maximum absolute atomic E-state index is 12.6. The van der Waals surface area contributed by atoms with E-state index >= 15 is 0 Å². The first-order valence-corrected chi connectivity index (χ1v) is 7.72. The van der Waals surface area contributed by atoms with Gasteiger partial charge in [0.25, 0.3) is 0 Å². The Morgan fingerprint density at radius 1 is 1.25 bits per heavy atom. The molecule has 2 N–H and O–H groups in total. The van der Waals surface area contributed by atoms with Gasteiger partial charge in [-0.1, -0.05) is 18.2 Å². The molecule has 0 bridgehead atoms. The van der Waals surface area contributed by atoms with Crippen molar-refractivity contribution >= 4 is 11.8 Å². The van der Waals surface area contributed by atoms with Crippen LogP contribution in [0.1, 0.15) is 30.7 Å². The minimum absolute atomic E-state index is 0.219. The topological polar surface area (TPSA) is 72.6 Å². The van der Waals surface area contributed by atoms with Gasteiger partial charge in [0, 0.05) is 12.5 Å². The maximum atomic E-state index is 12.6. The molecule has 0 radical (unpaired) electrons. The molecule has 5 nitrogen and oxygen atoms in total. The van der Waals surface area contributed by atoms with Crippen molar-refractivity contribution in [2.45, 2.75) is 37.6 Å². The Morgan fingerprint density at radius 3 is 2.62 bits per heavy atom. The van der Waals surface area contributed by atoms with Crippen molar-refractivity contribution in [2.24, 2.45) is 11.7 Å². The second-order valence-electron chi connectivity index (χ2n) is 6.13. The van der Waals surface area contributed by atoms with Crippen LogP contribution in [0.3, 0.4) is 0 Å². The number of alkyl halides is 3. The average Bonchev–Trinajstić information content (AvgIpc) is 3.12. The number of nitrogens with two attached hydrogens (primary N) is 1. The zero-order valence-corrected chi connectivity index (χ0v) is 12.8. The highest BCUT2D eigenvalue weighted by Gasteiger charge is 2.49. The number of benzene rings is 1. The quantitative estimate of drug-likeness (QED) is 0.911. The van der Waals surface area contributed by atoms with Crippen molar-refractivity contribution in [1.82, 2.24) is 4.90 Å². The van der Waals surface area contributed by atoms with E-state index in [1.165, 1.54) is 23.1 Å². The Kier molecular flexibility index (Phi) is 4.15. The van der Waals surface area contributed by atoms with Crippen LogP contribution in [0.2, 0.25) is 0 Å². The summed E-state index contributed by atoms with van der Waals surface area (Å²) in [6, 6.07) is 5.23. The summed E-state index contributed by atoms with van der Waals surface area (Å²) in [4.78, 5) is 25.4. The normalized spacial score (nSPS) is 26.3. The molecule has 3 rings (SSSR count). The third-order valence-electron chi connectivity index (χ3n) is 4.52. The highest BCUT2D eigenvalue weighted by Crippen LogP contribution is 2.52. The van der Waals surface area contributed by atoms with Crippen LogP contribution in [0.25, 0.3) is 0 Å². The minimum atomic E-state index is -4.78. The van der Waals surface area contributed by atoms with Gasteiger partial charge in [0.2, 0.25) is 11.8 Å². The number of likely N-dealkylation sites (tertiary alicyclic amines) is 1. The number of halogens is 3. The average molecular weight is 342 g/mol. The summed E-state index contributed by atoms with van der Waals surface area (Å²) in [6.07, 6.45) is -3.10. The van der Waals surface area contributed by atoms with E-state index in [-0.39, 0.29) is 17.6 Å². The van der Waals surface area contributed by atoms with E-state index in [1.54, 1.807) is 6.07 Å². The molecule has 8 heteroatoms. The largest absolute Gasteiger partial charge is 0.573 e. The van der Waals surface area contributed by atoms with Crippen LogP contribution in [0.15, 0.2) is 24.3 Å². The Morgan fingerprint density at radius 2 is 1.96 bits per heavy atom. The summed E-state index contributed by atoms with van der Waals surface area (Å²) in [5.41, 5.74) is 5.67. The summed E-state index contributed by atoms with van der Waals surface area (Å²) in [5, 5.41) is 0. The number of amides is 2. The van der Waals surface area contributed by atoms with Crippen molar-refractivity contribution in [3.63, 3.8) is 0 Å². The molecule has 2 aliphatic rings. The van der Waals surface area contributed by atoms with E-state index in [9.17, 15) is 22.8 Å². The Hall–Kier alpha value is -2.25. The van der Waals surface area contributed by atoms with Gasteiger partial charge in [-0.2, -0.15) is 0 Å². The summed E-state index contributed by atoms with van der Waals surface area (Å²) < 4.78 is 41.5. The number of carbonyl (C=O) groups is 2. The third kappa shape index (κ3) is 3.32. The fourth-order valence-electron chi connectivity index (χ4n) is 3.36. The predicted molar refractivity (Wildman–Crippen MR) is 77.9 cm³/mol. The smallest absolute Gasteiger partial charge is 0.405 e. The van der Waals surface area contributed by atoms with Crippen molar-refractivity contribution in [2.75, 3.05) is 6.54 Å². The molecule has 24 heavy (non-hydrogen) atoms. The molecule has 3 atom stereocenters. The van der Waals surface area contributed by atoms with Crippen LogP contribution >= 0.6 is 0 Å². The van der Waals surface area contributed by atoms with Gasteiger partial charge >= 0.3 is 6.36 Å². The standard InChI is InChI=1S/C16H17F3N2O3/c17-16(18,19)24-13-6-2-1-4-9(13)10-8-11(10)15(23)21-7-3-5-12(21)14(20)22/h1-2,4,6,10-12H,3,5,7-8H2,(H2,20,22)/t10-,11+,12-/m1/s1. The van der Waals surface area contributed by atoms with Crippen molar-refractivity contribution < 1.29 is 27.5 Å². The molecule has 1 saturated heterocycles. The number of ether oxygens (including phenoxy) is 1. The maximum Gasteiger partial charge on any atom is 0.573 e. The van der Waals surface area contributed by atoms with Gasteiger partial charge in [-0.15, -0.1) is 13.2 Å². The van der Waals surface area contributed by atoms with E-state index < -0.39 is 24.2 Å². The van der Waals surface area contributed by atoms with Crippen molar-refractivity contribution in [3.8, 4) is 5.75 Å². The van der Waals surface area contributed by atoms with Gasteiger partial charge in [0.15, 0.2) is 0 Å². The number of hydrogen-bond acceptors (Lipinski definition) is 3. The van der Waals surface area contributed by atoms with Gasteiger partial charge in [0.05, 0.1) is 0 Å². The molecule has 1 aromatic carbocycles. The number of hydrogen-bond donors (Lipinski definition) is 1.